The van der Waals surface area contributed by atoms with E-state index in [9.17, 15) is 9.59 Å². The van der Waals surface area contributed by atoms with Crippen LogP contribution < -0.4 is 4.74 Å². The third-order valence-corrected chi connectivity index (χ3v) is 6.48. The molecule has 0 fully saturated rings. The number of rotatable bonds is 7. The van der Waals surface area contributed by atoms with E-state index < -0.39 is 18.0 Å². The number of furan rings is 1. The fourth-order valence-electron chi connectivity index (χ4n) is 4.33. The lowest BCUT2D eigenvalue weighted by Crippen LogP contribution is -2.18. The van der Waals surface area contributed by atoms with E-state index in [1.165, 1.54) is 12.1 Å². The zero-order chi connectivity index (χ0) is 26.9. The molecule has 1 N–H and O–H groups in total. The minimum Gasteiger partial charge on any atom is -0.489 e. The van der Waals surface area contributed by atoms with Gasteiger partial charge in [0.05, 0.1) is 11.1 Å². The van der Waals surface area contributed by atoms with E-state index in [0.29, 0.717) is 22.7 Å². The van der Waals surface area contributed by atoms with E-state index in [4.69, 9.17) is 19.0 Å². The number of fused-ring (bicyclic) bond motifs is 2. The van der Waals surface area contributed by atoms with Gasteiger partial charge in [-0.3, -0.25) is 0 Å². The van der Waals surface area contributed by atoms with Gasteiger partial charge in [-0.15, -0.1) is 0 Å². The van der Waals surface area contributed by atoms with Gasteiger partial charge in [-0.1, -0.05) is 63.2 Å². The van der Waals surface area contributed by atoms with Gasteiger partial charge in [0.2, 0.25) is 0 Å². The molecule has 6 nitrogen and oxygen atoms in total. The number of carbonyl (C=O) groups excluding carboxylic acids is 1. The van der Waals surface area contributed by atoms with Crippen LogP contribution in [0, 0.1) is 0 Å². The summed E-state index contributed by atoms with van der Waals surface area (Å²) in [5, 5.41) is 11.8. The molecule has 0 bridgehead atoms. The summed E-state index contributed by atoms with van der Waals surface area (Å²) in [4.78, 5) is 24.6. The Morgan fingerprint density at radius 3 is 2.34 bits per heavy atom. The van der Waals surface area contributed by atoms with Crippen LogP contribution >= 0.6 is 0 Å². The Bertz CT molecular complexity index is 1620. The summed E-state index contributed by atoms with van der Waals surface area (Å²) < 4.78 is 18.0. The molecule has 1 aromatic heterocycles. The molecular formula is C32H28O6. The summed E-state index contributed by atoms with van der Waals surface area (Å²) in [6.07, 6.45) is -0.842. The van der Waals surface area contributed by atoms with Gasteiger partial charge >= 0.3 is 11.9 Å². The first-order valence-electron chi connectivity index (χ1n) is 12.4. The van der Waals surface area contributed by atoms with E-state index >= 15 is 0 Å². The van der Waals surface area contributed by atoms with Gasteiger partial charge in [0, 0.05) is 5.39 Å². The molecule has 0 saturated heterocycles. The van der Waals surface area contributed by atoms with Crippen molar-refractivity contribution in [2.45, 2.75) is 32.3 Å². The van der Waals surface area contributed by atoms with Crippen LogP contribution in [0.5, 0.6) is 5.75 Å². The molecule has 1 heterocycles. The zero-order valence-electron chi connectivity index (χ0n) is 21.4. The first-order valence-corrected chi connectivity index (χ1v) is 12.4. The average Bonchev–Trinajstić information content (AvgIpc) is 3.34. The number of carboxylic acids is 1. The second-order valence-electron chi connectivity index (χ2n) is 10.2. The van der Waals surface area contributed by atoms with Gasteiger partial charge in [0.1, 0.15) is 23.7 Å². The lowest BCUT2D eigenvalue weighted by atomic mass is 9.86. The van der Waals surface area contributed by atoms with Crippen molar-refractivity contribution in [1.29, 1.82) is 0 Å². The highest BCUT2D eigenvalue weighted by Crippen LogP contribution is 2.32. The second kappa shape index (κ2) is 10.1. The maximum absolute atomic E-state index is 13.4. The molecule has 0 spiro atoms. The molecule has 0 amide bonds. The van der Waals surface area contributed by atoms with E-state index in [1.807, 2.05) is 54.6 Å². The molecule has 0 aliphatic carbocycles. The van der Waals surface area contributed by atoms with Gasteiger partial charge in [-0.2, -0.15) is 0 Å². The minimum atomic E-state index is -1.02. The standard InChI is InChI=1S/C32H28O6/c1-32(2,3)23-13-16-27-22(17-23)18-28(37-27)29(19-36-24-14-11-21(12-15-24)30(33)34)38-31(35)26-10-6-8-20-7-4-5-9-25(20)26/h4-18,29H,19H2,1-3H3,(H,33,34). The van der Waals surface area contributed by atoms with Gasteiger partial charge in [0.15, 0.2) is 6.10 Å². The highest BCUT2D eigenvalue weighted by atomic mass is 16.6. The van der Waals surface area contributed by atoms with Crippen LogP contribution in [0.1, 0.15) is 58.9 Å². The van der Waals surface area contributed by atoms with Crippen molar-refractivity contribution in [3.63, 3.8) is 0 Å². The third-order valence-electron chi connectivity index (χ3n) is 6.48. The highest BCUT2D eigenvalue weighted by Gasteiger charge is 2.25. The molecule has 0 radical (unpaired) electrons. The summed E-state index contributed by atoms with van der Waals surface area (Å²) in [6.45, 7) is 6.42. The van der Waals surface area contributed by atoms with Gasteiger partial charge in [-0.05, 0) is 70.3 Å². The normalized spacial score (nSPS) is 12.4. The summed E-state index contributed by atoms with van der Waals surface area (Å²) in [5.41, 5.74) is 2.42. The smallest absolute Gasteiger partial charge is 0.339 e. The first kappa shape index (κ1) is 25.1. The summed E-state index contributed by atoms with van der Waals surface area (Å²) >= 11 is 0. The molecule has 5 rings (SSSR count). The number of esters is 1. The maximum atomic E-state index is 13.4. The molecular weight excluding hydrogens is 480 g/mol. The Labute approximate surface area is 220 Å². The number of carbonyl (C=O) groups is 2. The maximum Gasteiger partial charge on any atom is 0.339 e. The van der Waals surface area contributed by atoms with Crippen LogP contribution in [0.3, 0.4) is 0 Å². The van der Waals surface area contributed by atoms with Crippen molar-refractivity contribution >= 4 is 33.7 Å². The predicted octanol–water partition coefficient (Wildman–Crippen LogP) is 7.56. The molecule has 6 heteroatoms. The lowest BCUT2D eigenvalue weighted by Gasteiger charge is -2.18. The van der Waals surface area contributed by atoms with Crippen LogP contribution in [0.25, 0.3) is 21.7 Å². The number of ether oxygens (including phenoxy) is 2. The van der Waals surface area contributed by atoms with Crippen molar-refractivity contribution < 1.29 is 28.6 Å². The molecule has 1 unspecified atom stereocenters. The summed E-state index contributed by atoms with van der Waals surface area (Å²) in [5.74, 6) is -0.600. The van der Waals surface area contributed by atoms with Gasteiger partial charge in [-0.25, -0.2) is 9.59 Å². The first-order chi connectivity index (χ1) is 18.2. The number of hydrogen-bond acceptors (Lipinski definition) is 5. The molecule has 0 aliphatic heterocycles. The van der Waals surface area contributed by atoms with Crippen LogP contribution in [0.2, 0.25) is 0 Å². The van der Waals surface area contributed by atoms with E-state index in [0.717, 1.165) is 21.7 Å². The molecule has 5 aromatic rings. The largest absolute Gasteiger partial charge is 0.489 e. The third kappa shape index (κ3) is 5.25. The Balaban J connectivity index is 1.47. The number of carboxylic acid groups (broad SMARTS) is 1. The summed E-state index contributed by atoms with van der Waals surface area (Å²) in [6, 6.07) is 27.1. The van der Waals surface area contributed by atoms with E-state index in [1.54, 1.807) is 18.2 Å². The fraction of sp³-hybridized carbons (Fsp3) is 0.188. The lowest BCUT2D eigenvalue weighted by molar-refractivity contribution is 0.0110. The van der Waals surface area contributed by atoms with Crippen molar-refractivity contribution in [1.82, 2.24) is 0 Å². The average molecular weight is 509 g/mol. The summed E-state index contributed by atoms with van der Waals surface area (Å²) in [7, 11) is 0. The van der Waals surface area contributed by atoms with Crippen LogP contribution in [-0.4, -0.2) is 23.7 Å². The van der Waals surface area contributed by atoms with Gasteiger partial charge < -0.3 is 19.0 Å². The number of hydrogen-bond donors (Lipinski definition) is 1. The number of benzene rings is 4. The molecule has 0 aliphatic rings. The molecule has 38 heavy (non-hydrogen) atoms. The van der Waals surface area contributed by atoms with Gasteiger partial charge in [0.25, 0.3) is 0 Å². The molecule has 4 aromatic carbocycles. The van der Waals surface area contributed by atoms with Crippen LogP contribution in [0.15, 0.2) is 95.4 Å². The minimum absolute atomic E-state index is 0.0190. The van der Waals surface area contributed by atoms with Crippen molar-refractivity contribution in [2.24, 2.45) is 0 Å². The molecule has 0 saturated carbocycles. The Morgan fingerprint density at radius 2 is 1.61 bits per heavy atom. The second-order valence-corrected chi connectivity index (χ2v) is 10.2. The van der Waals surface area contributed by atoms with E-state index in [-0.39, 0.29) is 17.6 Å². The van der Waals surface area contributed by atoms with Crippen LogP contribution in [0.4, 0.5) is 0 Å². The Morgan fingerprint density at radius 1 is 0.868 bits per heavy atom. The predicted molar refractivity (Wildman–Crippen MR) is 146 cm³/mol. The molecule has 192 valence electrons. The van der Waals surface area contributed by atoms with Crippen molar-refractivity contribution in [3.8, 4) is 5.75 Å². The monoisotopic (exact) mass is 508 g/mol. The fourth-order valence-corrected chi connectivity index (χ4v) is 4.33. The molecule has 1 atom stereocenters. The Hall–Kier alpha value is -4.58. The zero-order valence-corrected chi connectivity index (χ0v) is 21.4. The Kier molecular flexibility index (Phi) is 6.64. The highest BCUT2D eigenvalue weighted by molar-refractivity contribution is 6.04. The number of aromatic carboxylic acids is 1. The SMILES string of the molecule is CC(C)(C)c1ccc2oc(C(COc3ccc(C(=O)O)cc3)OC(=O)c3cccc4ccccc34)cc2c1. The van der Waals surface area contributed by atoms with Crippen molar-refractivity contribution in [3.05, 3.63) is 113 Å². The quantitative estimate of drug-likeness (QED) is 0.228. The topological polar surface area (TPSA) is 86.0 Å². The van der Waals surface area contributed by atoms with E-state index in [2.05, 4.69) is 26.8 Å². The van der Waals surface area contributed by atoms with Crippen molar-refractivity contribution in [2.75, 3.05) is 6.61 Å². The van der Waals surface area contributed by atoms with Crippen LogP contribution in [-0.2, 0) is 10.2 Å².